The number of aromatic nitrogens is 1. The zero-order valence-corrected chi connectivity index (χ0v) is 21.5. The van der Waals surface area contributed by atoms with E-state index in [0.29, 0.717) is 13.0 Å². The quantitative estimate of drug-likeness (QED) is 0.622. The van der Waals surface area contributed by atoms with Crippen LogP contribution in [0.15, 0.2) is 36.7 Å². The number of rotatable bonds is 6. The van der Waals surface area contributed by atoms with Crippen LogP contribution in [0.4, 0.5) is 11.4 Å². The van der Waals surface area contributed by atoms with Crippen molar-refractivity contribution in [1.29, 1.82) is 0 Å². The highest BCUT2D eigenvalue weighted by molar-refractivity contribution is 5.96. The van der Waals surface area contributed by atoms with Gasteiger partial charge in [0.05, 0.1) is 18.4 Å². The maximum atomic E-state index is 12.4. The van der Waals surface area contributed by atoms with Crippen molar-refractivity contribution in [1.82, 2.24) is 20.5 Å². The second-order valence-corrected chi connectivity index (χ2v) is 11.4. The number of likely N-dealkylation sites (tertiary alicyclic amines) is 1. The summed E-state index contributed by atoms with van der Waals surface area (Å²) in [6, 6.07) is 8.88. The molecule has 0 unspecified atom stereocenters. The van der Waals surface area contributed by atoms with Gasteiger partial charge in [0.15, 0.2) is 0 Å². The largest absolute Gasteiger partial charge is 0.369 e. The van der Waals surface area contributed by atoms with E-state index in [0.717, 1.165) is 67.9 Å². The van der Waals surface area contributed by atoms with Gasteiger partial charge in [-0.05, 0) is 48.6 Å². The Kier molecular flexibility index (Phi) is 5.90. The minimum Gasteiger partial charge on any atom is -0.369 e. The Morgan fingerprint density at radius 1 is 1.00 bits per heavy atom. The van der Waals surface area contributed by atoms with Gasteiger partial charge in [-0.3, -0.25) is 24.3 Å². The summed E-state index contributed by atoms with van der Waals surface area (Å²) in [6.45, 7) is 5.82. The number of anilines is 2. The van der Waals surface area contributed by atoms with E-state index in [1.54, 1.807) is 4.90 Å². The topological polar surface area (TPSA) is 97.9 Å². The van der Waals surface area contributed by atoms with Crippen LogP contribution in [0.5, 0.6) is 0 Å². The number of benzene rings is 1. The summed E-state index contributed by atoms with van der Waals surface area (Å²) >= 11 is 0. The molecule has 9 heteroatoms. The molecule has 1 aromatic carbocycles. The van der Waals surface area contributed by atoms with E-state index >= 15 is 0 Å². The molecule has 37 heavy (non-hydrogen) atoms. The third-order valence-corrected chi connectivity index (χ3v) is 8.29. The predicted octanol–water partition coefficient (Wildman–Crippen LogP) is 1.56. The Balaban J connectivity index is 0.990. The lowest BCUT2D eigenvalue weighted by atomic mass is 9.72. The second kappa shape index (κ2) is 9.13. The van der Waals surface area contributed by atoms with Gasteiger partial charge in [0.1, 0.15) is 0 Å². The zero-order chi connectivity index (χ0) is 25.7. The number of hydrogen-bond donors (Lipinski definition) is 2. The van der Waals surface area contributed by atoms with Crippen LogP contribution in [0.1, 0.15) is 31.7 Å². The molecule has 1 aliphatic carbocycles. The molecule has 3 amide bonds. The van der Waals surface area contributed by atoms with E-state index in [4.69, 9.17) is 0 Å². The van der Waals surface area contributed by atoms with Crippen LogP contribution < -0.4 is 20.4 Å². The number of carbonyl (C=O) groups excluding carboxylic acids is 3. The number of aryl methyl sites for hydroxylation is 1. The van der Waals surface area contributed by atoms with Gasteiger partial charge in [-0.2, -0.15) is 0 Å². The van der Waals surface area contributed by atoms with Crippen LogP contribution in [0.2, 0.25) is 0 Å². The Bertz CT molecular complexity index is 1240. The molecule has 1 aromatic heterocycles. The normalized spacial score (nSPS) is 24.0. The highest BCUT2D eigenvalue weighted by Crippen LogP contribution is 2.42. The molecule has 6 rings (SSSR count). The molecule has 4 heterocycles. The molecule has 0 bridgehead atoms. The van der Waals surface area contributed by atoms with Crippen LogP contribution in [0.3, 0.4) is 0 Å². The second-order valence-electron chi connectivity index (χ2n) is 11.4. The smallest absolute Gasteiger partial charge is 0.234 e. The molecule has 1 spiro atoms. The molecule has 9 nitrogen and oxygen atoms in total. The fourth-order valence-corrected chi connectivity index (χ4v) is 6.37. The van der Waals surface area contributed by atoms with E-state index in [1.165, 1.54) is 12.5 Å². The van der Waals surface area contributed by atoms with Crippen LogP contribution in [0.25, 0.3) is 11.1 Å². The number of fused-ring (bicyclic) bond motifs is 1. The number of hydrogen-bond acceptors (Lipinski definition) is 6. The summed E-state index contributed by atoms with van der Waals surface area (Å²) in [6.07, 6.45) is 6.81. The standard InChI is InChI=1S/C28H34N6O3/c1-18(35)30-22-9-23(10-22)31-26(36)13-33-14-28(15-33)16-34(17-28)24-8-21(11-29-12-24)19-3-5-25-20(7-19)4-6-27(37)32(25)2/h3,5,7-8,11-12,22-23H,4,6,9-10,13-17H2,1-2H3,(H,30,35)(H,31,36). The summed E-state index contributed by atoms with van der Waals surface area (Å²) in [5.41, 5.74) is 5.82. The van der Waals surface area contributed by atoms with Gasteiger partial charge in [-0.1, -0.05) is 6.07 Å². The molecule has 0 radical (unpaired) electrons. The van der Waals surface area contributed by atoms with Crippen molar-refractivity contribution in [2.24, 2.45) is 5.41 Å². The predicted molar refractivity (Wildman–Crippen MR) is 141 cm³/mol. The van der Waals surface area contributed by atoms with Gasteiger partial charge >= 0.3 is 0 Å². The highest BCUT2D eigenvalue weighted by atomic mass is 16.2. The van der Waals surface area contributed by atoms with Crippen molar-refractivity contribution >= 4 is 29.1 Å². The number of amides is 3. The molecule has 194 valence electrons. The lowest BCUT2D eigenvalue weighted by molar-refractivity contribution is -0.128. The third kappa shape index (κ3) is 4.68. The van der Waals surface area contributed by atoms with E-state index < -0.39 is 0 Å². The van der Waals surface area contributed by atoms with Gasteiger partial charge in [0.25, 0.3) is 0 Å². The van der Waals surface area contributed by atoms with Gasteiger partial charge in [-0.15, -0.1) is 0 Å². The fraction of sp³-hybridized carbons (Fsp3) is 0.500. The van der Waals surface area contributed by atoms with Crippen molar-refractivity contribution < 1.29 is 14.4 Å². The van der Waals surface area contributed by atoms with E-state index in [9.17, 15) is 14.4 Å². The van der Waals surface area contributed by atoms with Crippen molar-refractivity contribution in [2.45, 2.75) is 44.7 Å². The summed E-state index contributed by atoms with van der Waals surface area (Å²) in [5, 5.41) is 5.99. The highest BCUT2D eigenvalue weighted by Gasteiger charge is 2.52. The summed E-state index contributed by atoms with van der Waals surface area (Å²) in [4.78, 5) is 46.4. The minimum atomic E-state index is -0.0110. The van der Waals surface area contributed by atoms with Crippen LogP contribution in [0, 0.1) is 5.41 Å². The van der Waals surface area contributed by atoms with Gasteiger partial charge in [-0.25, -0.2) is 0 Å². The number of nitrogens with one attached hydrogen (secondary N) is 2. The monoisotopic (exact) mass is 502 g/mol. The summed E-state index contributed by atoms with van der Waals surface area (Å²) < 4.78 is 0. The average Bonchev–Trinajstić information content (AvgIpc) is 2.80. The number of pyridine rings is 1. The molecule has 2 saturated heterocycles. The number of carbonyl (C=O) groups is 3. The van der Waals surface area contributed by atoms with Crippen LogP contribution in [-0.2, 0) is 20.8 Å². The summed E-state index contributed by atoms with van der Waals surface area (Å²) in [5.74, 6) is 0.235. The van der Waals surface area contributed by atoms with Gasteiger partial charge in [0, 0.05) is 81.5 Å². The maximum Gasteiger partial charge on any atom is 0.234 e. The van der Waals surface area contributed by atoms with Crippen molar-refractivity contribution in [3.8, 4) is 11.1 Å². The van der Waals surface area contributed by atoms with Crippen LogP contribution >= 0.6 is 0 Å². The van der Waals surface area contributed by atoms with Crippen molar-refractivity contribution in [3.05, 3.63) is 42.2 Å². The van der Waals surface area contributed by atoms with Crippen molar-refractivity contribution in [2.75, 3.05) is 49.6 Å². The number of nitrogens with zero attached hydrogens (tertiary/aromatic N) is 4. The first kappa shape index (κ1) is 23.9. The average molecular weight is 503 g/mol. The molecule has 1 saturated carbocycles. The molecule has 4 aliphatic rings. The maximum absolute atomic E-state index is 12.4. The molecule has 0 atom stereocenters. The van der Waals surface area contributed by atoms with Gasteiger partial charge in [0.2, 0.25) is 17.7 Å². The first-order valence-electron chi connectivity index (χ1n) is 13.2. The van der Waals surface area contributed by atoms with Crippen LogP contribution in [-0.4, -0.2) is 79.5 Å². The fourth-order valence-electron chi connectivity index (χ4n) is 6.37. The first-order valence-corrected chi connectivity index (χ1v) is 13.2. The Hall–Kier alpha value is -3.46. The SMILES string of the molecule is CC(=O)NC1CC(NC(=O)CN2CC3(C2)CN(c2cncc(-c4ccc5c(c4)CCC(=O)N5C)c2)C3)C1. The zero-order valence-electron chi connectivity index (χ0n) is 21.5. The van der Waals surface area contributed by atoms with Gasteiger partial charge < -0.3 is 20.4 Å². The molecule has 2 N–H and O–H groups in total. The Morgan fingerprint density at radius 2 is 1.76 bits per heavy atom. The summed E-state index contributed by atoms with van der Waals surface area (Å²) in [7, 11) is 1.84. The minimum absolute atomic E-state index is 0.0110. The third-order valence-electron chi connectivity index (χ3n) is 8.29. The Morgan fingerprint density at radius 3 is 2.51 bits per heavy atom. The lowest BCUT2D eigenvalue weighted by Gasteiger charge is -2.61. The Labute approximate surface area is 217 Å². The molecule has 3 fully saturated rings. The molecular weight excluding hydrogens is 468 g/mol. The molecular formula is C28H34N6O3. The molecule has 3 aliphatic heterocycles. The van der Waals surface area contributed by atoms with E-state index in [-0.39, 0.29) is 35.2 Å². The first-order chi connectivity index (χ1) is 17.8. The molecule has 2 aromatic rings. The van der Waals surface area contributed by atoms with E-state index in [1.807, 2.05) is 25.5 Å². The van der Waals surface area contributed by atoms with E-state index in [2.05, 4.69) is 43.6 Å². The van der Waals surface area contributed by atoms with Crippen molar-refractivity contribution in [3.63, 3.8) is 0 Å². The lowest BCUT2D eigenvalue weighted by Crippen LogP contribution is -2.73.